The fraction of sp³-hybridized carbons (Fsp3) is 0.222. The maximum Gasteiger partial charge on any atom is 0.248 e. The van der Waals surface area contributed by atoms with Crippen LogP contribution in [0, 0.1) is 0 Å². The van der Waals surface area contributed by atoms with E-state index in [-0.39, 0.29) is 5.91 Å². The minimum Gasteiger partial charge on any atom is -0.299 e. The van der Waals surface area contributed by atoms with Gasteiger partial charge in [0.25, 0.3) is 0 Å². The van der Waals surface area contributed by atoms with Gasteiger partial charge in [-0.15, -0.1) is 0 Å². The summed E-state index contributed by atoms with van der Waals surface area (Å²) >= 11 is 1.49. The SMILES string of the molecule is CSCC(=O)NNc1ccccc1. The van der Waals surface area contributed by atoms with Crippen molar-refractivity contribution in [3.8, 4) is 0 Å². The molecule has 0 aromatic heterocycles. The van der Waals surface area contributed by atoms with Crippen LogP contribution >= 0.6 is 11.8 Å². The highest BCUT2D eigenvalue weighted by atomic mass is 32.2. The molecule has 0 aliphatic heterocycles. The normalized spacial score (nSPS) is 9.31. The molecule has 1 amide bonds. The summed E-state index contributed by atoms with van der Waals surface area (Å²) < 4.78 is 0. The van der Waals surface area contributed by atoms with E-state index in [4.69, 9.17) is 0 Å². The number of thioether (sulfide) groups is 1. The molecular formula is C9H12N2OS. The molecule has 1 rings (SSSR count). The maximum absolute atomic E-state index is 11.0. The Hall–Kier alpha value is -1.16. The Morgan fingerprint density at radius 1 is 1.38 bits per heavy atom. The summed E-state index contributed by atoms with van der Waals surface area (Å²) in [5.41, 5.74) is 6.29. The second-order valence-corrected chi connectivity index (χ2v) is 3.34. The molecule has 0 bridgehead atoms. The van der Waals surface area contributed by atoms with Crippen LogP contribution in [0.1, 0.15) is 0 Å². The van der Waals surface area contributed by atoms with E-state index in [0.717, 1.165) is 5.69 Å². The van der Waals surface area contributed by atoms with Crippen molar-refractivity contribution in [2.24, 2.45) is 0 Å². The van der Waals surface area contributed by atoms with Crippen LogP contribution in [-0.2, 0) is 4.79 Å². The van der Waals surface area contributed by atoms with E-state index in [1.54, 1.807) is 0 Å². The number of hydrazine groups is 1. The zero-order chi connectivity index (χ0) is 9.52. The molecule has 2 N–H and O–H groups in total. The van der Waals surface area contributed by atoms with E-state index in [1.807, 2.05) is 36.6 Å². The third-order valence-corrected chi connectivity index (χ3v) is 1.95. The summed E-state index contributed by atoms with van der Waals surface area (Å²) in [6, 6.07) is 9.51. The molecule has 13 heavy (non-hydrogen) atoms. The van der Waals surface area contributed by atoms with Crippen molar-refractivity contribution in [2.75, 3.05) is 17.4 Å². The second-order valence-electron chi connectivity index (χ2n) is 2.47. The van der Waals surface area contributed by atoms with Crippen LogP contribution in [0.4, 0.5) is 5.69 Å². The Morgan fingerprint density at radius 2 is 2.08 bits per heavy atom. The monoisotopic (exact) mass is 196 g/mol. The fourth-order valence-corrected chi connectivity index (χ4v) is 1.16. The summed E-state index contributed by atoms with van der Waals surface area (Å²) in [5, 5.41) is 0. The molecule has 0 aliphatic rings. The Bertz CT molecular complexity index is 264. The van der Waals surface area contributed by atoms with Gasteiger partial charge in [0.1, 0.15) is 0 Å². The average molecular weight is 196 g/mol. The summed E-state index contributed by atoms with van der Waals surface area (Å²) in [6.45, 7) is 0. The van der Waals surface area contributed by atoms with Crippen LogP contribution in [0.2, 0.25) is 0 Å². The van der Waals surface area contributed by atoms with Crippen molar-refractivity contribution >= 4 is 23.4 Å². The number of carbonyl (C=O) groups is 1. The predicted molar refractivity (Wildman–Crippen MR) is 56.6 cm³/mol. The largest absolute Gasteiger partial charge is 0.299 e. The molecule has 0 saturated heterocycles. The Kier molecular flexibility index (Phi) is 4.18. The van der Waals surface area contributed by atoms with E-state index in [9.17, 15) is 4.79 Å². The number of nitrogens with one attached hydrogen (secondary N) is 2. The van der Waals surface area contributed by atoms with Crippen LogP contribution in [0.15, 0.2) is 30.3 Å². The van der Waals surface area contributed by atoms with Crippen LogP contribution in [-0.4, -0.2) is 17.9 Å². The van der Waals surface area contributed by atoms with Gasteiger partial charge in [-0.2, -0.15) is 11.8 Å². The van der Waals surface area contributed by atoms with Gasteiger partial charge in [-0.25, -0.2) is 0 Å². The number of rotatable bonds is 4. The van der Waals surface area contributed by atoms with Gasteiger partial charge in [0, 0.05) is 0 Å². The first-order valence-corrected chi connectivity index (χ1v) is 5.31. The van der Waals surface area contributed by atoms with Gasteiger partial charge >= 0.3 is 0 Å². The molecule has 1 aromatic carbocycles. The van der Waals surface area contributed by atoms with Gasteiger partial charge in [-0.1, -0.05) is 18.2 Å². The number of benzene rings is 1. The van der Waals surface area contributed by atoms with Crippen molar-refractivity contribution in [1.82, 2.24) is 5.43 Å². The lowest BCUT2D eigenvalue weighted by Crippen LogP contribution is -2.30. The molecule has 0 aliphatic carbocycles. The molecule has 70 valence electrons. The first-order valence-electron chi connectivity index (χ1n) is 3.92. The van der Waals surface area contributed by atoms with Gasteiger partial charge in [0.15, 0.2) is 0 Å². The first-order chi connectivity index (χ1) is 6.33. The molecule has 1 aromatic rings. The average Bonchev–Trinajstić information content (AvgIpc) is 2.17. The standard InChI is InChI=1S/C9H12N2OS/c1-13-7-9(12)11-10-8-5-3-2-4-6-8/h2-6,10H,7H2,1H3,(H,11,12). The van der Waals surface area contributed by atoms with Crippen molar-refractivity contribution < 1.29 is 4.79 Å². The zero-order valence-electron chi connectivity index (χ0n) is 7.41. The number of anilines is 1. The molecule has 3 nitrogen and oxygen atoms in total. The summed E-state index contributed by atoms with van der Waals surface area (Å²) in [4.78, 5) is 11.0. The second kappa shape index (κ2) is 5.48. The predicted octanol–water partition coefficient (Wildman–Crippen LogP) is 1.49. The van der Waals surface area contributed by atoms with E-state index < -0.39 is 0 Å². The lowest BCUT2D eigenvalue weighted by atomic mass is 10.3. The Balaban J connectivity index is 2.31. The molecule has 0 heterocycles. The minimum absolute atomic E-state index is 0.0173. The highest BCUT2D eigenvalue weighted by Crippen LogP contribution is 2.02. The third-order valence-electron chi connectivity index (χ3n) is 1.40. The van der Waals surface area contributed by atoms with Gasteiger partial charge in [-0.3, -0.25) is 15.6 Å². The van der Waals surface area contributed by atoms with Crippen molar-refractivity contribution in [2.45, 2.75) is 0 Å². The first kappa shape index (κ1) is 9.92. The fourth-order valence-electron chi connectivity index (χ4n) is 0.831. The van der Waals surface area contributed by atoms with Crippen molar-refractivity contribution in [3.63, 3.8) is 0 Å². The van der Waals surface area contributed by atoms with E-state index in [2.05, 4.69) is 10.9 Å². The molecule has 0 radical (unpaired) electrons. The quantitative estimate of drug-likeness (QED) is 0.717. The van der Waals surface area contributed by atoms with Crippen LogP contribution in [0.5, 0.6) is 0 Å². The van der Waals surface area contributed by atoms with E-state index >= 15 is 0 Å². The third kappa shape index (κ3) is 3.85. The van der Waals surface area contributed by atoms with Gasteiger partial charge in [0.05, 0.1) is 11.4 Å². The topological polar surface area (TPSA) is 41.1 Å². The van der Waals surface area contributed by atoms with Crippen LogP contribution < -0.4 is 10.9 Å². The lowest BCUT2D eigenvalue weighted by molar-refractivity contribution is -0.118. The number of hydrogen-bond donors (Lipinski definition) is 2. The highest BCUT2D eigenvalue weighted by Gasteiger charge is 1.96. The summed E-state index contributed by atoms with van der Waals surface area (Å²) in [6.07, 6.45) is 1.89. The smallest absolute Gasteiger partial charge is 0.248 e. The number of carbonyl (C=O) groups excluding carboxylic acids is 1. The molecule has 0 atom stereocenters. The Morgan fingerprint density at radius 3 is 2.69 bits per heavy atom. The van der Waals surface area contributed by atoms with E-state index in [0.29, 0.717) is 5.75 Å². The molecular weight excluding hydrogens is 184 g/mol. The van der Waals surface area contributed by atoms with E-state index in [1.165, 1.54) is 11.8 Å². The van der Waals surface area contributed by atoms with Gasteiger partial charge in [0.2, 0.25) is 5.91 Å². The van der Waals surface area contributed by atoms with Gasteiger partial charge in [-0.05, 0) is 18.4 Å². The molecule has 0 spiro atoms. The number of para-hydroxylation sites is 1. The summed E-state index contributed by atoms with van der Waals surface area (Å²) in [7, 11) is 0. The van der Waals surface area contributed by atoms with Gasteiger partial charge < -0.3 is 0 Å². The van der Waals surface area contributed by atoms with Crippen molar-refractivity contribution in [3.05, 3.63) is 30.3 Å². The van der Waals surface area contributed by atoms with Crippen LogP contribution in [0.25, 0.3) is 0 Å². The minimum atomic E-state index is -0.0173. The highest BCUT2D eigenvalue weighted by molar-refractivity contribution is 7.99. The molecule has 0 unspecified atom stereocenters. The van der Waals surface area contributed by atoms with Crippen LogP contribution in [0.3, 0.4) is 0 Å². The van der Waals surface area contributed by atoms with Crippen molar-refractivity contribution in [1.29, 1.82) is 0 Å². The maximum atomic E-state index is 11.0. The summed E-state index contributed by atoms with van der Waals surface area (Å²) in [5.74, 6) is 0.455. The molecule has 0 fully saturated rings. The molecule has 0 saturated carbocycles. The molecule has 4 heteroatoms. The zero-order valence-corrected chi connectivity index (χ0v) is 8.23. The Labute approximate surface area is 81.9 Å². The number of hydrogen-bond acceptors (Lipinski definition) is 3. The lowest BCUT2D eigenvalue weighted by Gasteiger charge is -2.06. The number of amides is 1.